The van der Waals surface area contributed by atoms with Crippen molar-refractivity contribution in [1.29, 1.82) is 5.26 Å². The zero-order valence-corrected chi connectivity index (χ0v) is 16.4. The average Bonchev–Trinajstić information content (AvgIpc) is 3.03. The van der Waals surface area contributed by atoms with Crippen molar-refractivity contribution < 1.29 is 9.53 Å². The van der Waals surface area contributed by atoms with E-state index in [2.05, 4.69) is 15.8 Å². The predicted molar refractivity (Wildman–Crippen MR) is 105 cm³/mol. The van der Waals surface area contributed by atoms with Crippen LogP contribution in [0.1, 0.15) is 20.9 Å². The highest BCUT2D eigenvalue weighted by molar-refractivity contribution is 7.96. The Kier molecular flexibility index (Phi) is 9.80. The molecule has 0 saturated heterocycles. The molecule has 0 unspecified atom stereocenters. The zero-order valence-electron chi connectivity index (χ0n) is 14.8. The van der Waals surface area contributed by atoms with Crippen LogP contribution in [0.5, 0.6) is 0 Å². The summed E-state index contributed by atoms with van der Waals surface area (Å²) in [5.74, 6) is 0. The molecule has 1 heterocycles. The molecule has 6 nitrogen and oxygen atoms in total. The molecular formula is C17H22N4O2S2. The summed E-state index contributed by atoms with van der Waals surface area (Å²) in [4.78, 5) is 18.2. The van der Waals surface area contributed by atoms with Gasteiger partial charge in [0.1, 0.15) is 5.69 Å². The van der Waals surface area contributed by atoms with Gasteiger partial charge in [-0.3, -0.25) is 9.52 Å². The fraction of sp³-hybridized carbons (Fsp3) is 0.353. The number of aromatic nitrogens is 1. The minimum Gasteiger partial charge on any atom is -0.383 e. The lowest BCUT2D eigenvalue weighted by Gasteiger charge is -2.21. The first-order valence-electron chi connectivity index (χ1n) is 7.50. The van der Waals surface area contributed by atoms with Gasteiger partial charge in [-0.2, -0.15) is 5.26 Å². The normalized spacial score (nSPS) is 9.72. The van der Waals surface area contributed by atoms with E-state index in [1.54, 1.807) is 31.2 Å². The van der Waals surface area contributed by atoms with Crippen LogP contribution in [0.3, 0.4) is 0 Å². The molecule has 0 bridgehead atoms. The second-order valence-corrected chi connectivity index (χ2v) is 6.77. The van der Waals surface area contributed by atoms with Crippen molar-refractivity contribution in [2.45, 2.75) is 6.92 Å². The molecule has 0 radical (unpaired) electrons. The van der Waals surface area contributed by atoms with Crippen LogP contribution in [0, 0.1) is 18.3 Å². The number of aldehydes is 1. The first kappa shape index (κ1) is 21.1. The van der Waals surface area contributed by atoms with E-state index in [0.717, 1.165) is 22.0 Å². The van der Waals surface area contributed by atoms with Crippen LogP contribution in [-0.4, -0.2) is 44.8 Å². The number of rotatable bonds is 7. The van der Waals surface area contributed by atoms with Gasteiger partial charge < -0.3 is 9.64 Å². The summed E-state index contributed by atoms with van der Waals surface area (Å²) >= 11 is 3.07. The number of methoxy groups -OCH3 is 1. The van der Waals surface area contributed by atoms with Gasteiger partial charge in [-0.25, -0.2) is 4.98 Å². The quantitative estimate of drug-likeness (QED) is 0.584. The van der Waals surface area contributed by atoms with Gasteiger partial charge in [0.25, 0.3) is 0 Å². The highest BCUT2D eigenvalue weighted by Gasteiger charge is 2.15. The number of nitrogens with one attached hydrogen (secondary N) is 1. The minimum atomic E-state index is 0.464. The standard InChI is InChI=1S/C15H15N3O2S.C2H7NS/c1-11-14(10-19)17-15(21-11)18(7-8-20-2)13-5-3-12(9-16)4-6-13;1-3-4-2/h3-6,10H,7-8H2,1-2H3;3H,1-2H3. The number of benzene rings is 1. The van der Waals surface area contributed by atoms with Crippen LogP contribution in [0.4, 0.5) is 10.8 Å². The number of anilines is 2. The van der Waals surface area contributed by atoms with E-state index in [-0.39, 0.29) is 0 Å². The van der Waals surface area contributed by atoms with Crippen molar-refractivity contribution in [2.75, 3.05) is 38.5 Å². The molecule has 0 amide bonds. The van der Waals surface area contributed by atoms with Crippen molar-refractivity contribution in [3.05, 3.63) is 40.4 Å². The third-order valence-electron chi connectivity index (χ3n) is 3.19. The van der Waals surface area contributed by atoms with Crippen molar-refractivity contribution >= 4 is 40.4 Å². The summed E-state index contributed by atoms with van der Waals surface area (Å²) in [7, 11) is 3.53. The number of carbonyl (C=O) groups is 1. The van der Waals surface area contributed by atoms with E-state index in [1.807, 2.05) is 37.3 Å². The number of hydrogen-bond donors (Lipinski definition) is 1. The monoisotopic (exact) mass is 378 g/mol. The maximum absolute atomic E-state index is 11.0. The van der Waals surface area contributed by atoms with Gasteiger partial charge in [-0.15, -0.1) is 11.3 Å². The summed E-state index contributed by atoms with van der Waals surface area (Å²) in [6.07, 6.45) is 2.75. The highest BCUT2D eigenvalue weighted by atomic mass is 32.2. The second kappa shape index (κ2) is 11.6. The summed E-state index contributed by atoms with van der Waals surface area (Å²) in [6, 6.07) is 9.35. The van der Waals surface area contributed by atoms with Crippen LogP contribution in [-0.2, 0) is 4.74 Å². The molecule has 0 saturated carbocycles. The van der Waals surface area contributed by atoms with E-state index in [1.165, 1.54) is 11.3 Å². The molecule has 134 valence electrons. The van der Waals surface area contributed by atoms with E-state index in [0.29, 0.717) is 24.4 Å². The number of nitriles is 1. The van der Waals surface area contributed by atoms with Crippen LogP contribution in [0.2, 0.25) is 0 Å². The van der Waals surface area contributed by atoms with Crippen LogP contribution >= 0.6 is 23.3 Å². The Morgan fingerprint density at radius 3 is 2.52 bits per heavy atom. The Morgan fingerprint density at radius 1 is 1.44 bits per heavy atom. The molecule has 0 aliphatic carbocycles. The van der Waals surface area contributed by atoms with Crippen molar-refractivity contribution in [3.63, 3.8) is 0 Å². The molecule has 0 atom stereocenters. The van der Waals surface area contributed by atoms with Crippen LogP contribution in [0.25, 0.3) is 0 Å². The largest absolute Gasteiger partial charge is 0.383 e. The minimum absolute atomic E-state index is 0.464. The summed E-state index contributed by atoms with van der Waals surface area (Å²) in [5, 5.41) is 9.61. The lowest BCUT2D eigenvalue weighted by molar-refractivity contribution is 0.111. The SMILES string of the molecule is CNSC.COCCN(c1ccc(C#N)cc1)c1nc(C=O)c(C)s1. The van der Waals surface area contributed by atoms with Crippen LogP contribution < -0.4 is 9.62 Å². The summed E-state index contributed by atoms with van der Waals surface area (Å²) in [5.41, 5.74) is 1.98. The lowest BCUT2D eigenvalue weighted by Crippen LogP contribution is -2.21. The molecule has 1 aromatic heterocycles. The summed E-state index contributed by atoms with van der Waals surface area (Å²) in [6.45, 7) is 3.03. The molecule has 2 aromatic rings. The fourth-order valence-electron chi connectivity index (χ4n) is 1.85. The number of aryl methyl sites for hydroxylation is 1. The molecule has 2 rings (SSSR count). The molecule has 0 spiro atoms. The predicted octanol–water partition coefficient (Wildman–Crippen LogP) is 3.40. The van der Waals surface area contributed by atoms with Gasteiger partial charge >= 0.3 is 0 Å². The molecule has 1 aromatic carbocycles. The van der Waals surface area contributed by atoms with Crippen LogP contribution in [0.15, 0.2) is 24.3 Å². The molecule has 0 aliphatic rings. The van der Waals surface area contributed by atoms with Crippen molar-refractivity contribution in [2.24, 2.45) is 0 Å². The van der Waals surface area contributed by atoms with Gasteiger partial charge in [0.2, 0.25) is 0 Å². The Morgan fingerprint density at radius 2 is 2.08 bits per heavy atom. The van der Waals surface area contributed by atoms with Gasteiger partial charge in [-0.1, -0.05) is 11.9 Å². The number of thiazole rings is 1. The number of ether oxygens (including phenoxy) is 1. The molecule has 8 heteroatoms. The van der Waals surface area contributed by atoms with Gasteiger partial charge in [0.15, 0.2) is 11.4 Å². The third kappa shape index (κ3) is 6.48. The first-order chi connectivity index (χ1) is 12.1. The van der Waals surface area contributed by atoms with E-state index >= 15 is 0 Å². The maximum atomic E-state index is 11.0. The third-order valence-corrected chi connectivity index (χ3v) is 4.61. The molecule has 0 fully saturated rings. The Balaban J connectivity index is 0.000000705. The molecule has 1 N–H and O–H groups in total. The zero-order chi connectivity index (χ0) is 18.7. The number of nitrogens with zero attached hydrogens (tertiary/aromatic N) is 3. The summed E-state index contributed by atoms with van der Waals surface area (Å²) < 4.78 is 7.98. The topological polar surface area (TPSA) is 78.2 Å². The lowest BCUT2D eigenvalue weighted by atomic mass is 10.2. The average molecular weight is 379 g/mol. The first-order valence-corrected chi connectivity index (χ1v) is 9.54. The maximum Gasteiger partial charge on any atom is 0.190 e. The highest BCUT2D eigenvalue weighted by Crippen LogP contribution is 2.30. The smallest absolute Gasteiger partial charge is 0.190 e. The Bertz CT molecular complexity index is 694. The second-order valence-electron chi connectivity index (χ2n) is 4.77. The van der Waals surface area contributed by atoms with E-state index < -0.39 is 0 Å². The molecule has 0 aliphatic heterocycles. The van der Waals surface area contributed by atoms with Gasteiger partial charge in [-0.05, 0) is 44.5 Å². The van der Waals surface area contributed by atoms with Crippen molar-refractivity contribution in [3.8, 4) is 6.07 Å². The number of carbonyl (C=O) groups excluding carboxylic acids is 1. The van der Waals surface area contributed by atoms with Crippen molar-refractivity contribution in [1.82, 2.24) is 9.71 Å². The Hall–Kier alpha value is -1.92. The fourth-order valence-corrected chi connectivity index (χ4v) is 2.78. The van der Waals surface area contributed by atoms with Gasteiger partial charge in [0, 0.05) is 24.2 Å². The van der Waals surface area contributed by atoms with E-state index in [4.69, 9.17) is 10.00 Å². The Labute approximate surface area is 157 Å². The van der Waals surface area contributed by atoms with Gasteiger partial charge in [0.05, 0.1) is 18.2 Å². The number of hydrogen-bond acceptors (Lipinski definition) is 8. The molecular weight excluding hydrogens is 356 g/mol. The van der Waals surface area contributed by atoms with E-state index in [9.17, 15) is 4.79 Å². The molecule has 25 heavy (non-hydrogen) atoms.